The Hall–Kier alpha value is -1.23. The molecule has 0 aliphatic carbocycles. The Morgan fingerprint density at radius 3 is 2.67 bits per heavy atom. The van der Waals surface area contributed by atoms with Gasteiger partial charge >= 0.3 is 5.97 Å². The van der Waals surface area contributed by atoms with Crippen LogP contribution in [0.2, 0.25) is 0 Å². The molecule has 0 aromatic heterocycles. The average Bonchev–Trinajstić information content (AvgIpc) is 2.15. The maximum Gasteiger partial charge on any atom is 0.310 e. The fourth-order valence-electron chi connectivity index (χ4n) is 1.33. The number of rotatable bonds is 3. The van der Waals surface area contributed by atoms with Gasteiger partial charge in [-0.15, -0.1) is 0 Å². The van der Waals surface area contributed by atoms with Gasteiger partial charge in [-0.25, -0.2) is 0 Å². The van der Waals surface area contributed by atoms with Crippen molar-refractivity contribution in [1.82, 2.24) is 0 Å². The summed E-state index contributed by atoms with van der Waals surface area (Å²) in [5.74, 6) is -1.06. The highest BCUT2D eigenvalue weighted by molar-refractivity contribution is 9.10. The highest BCUT2D eigenvalue weighted by Gasteiger charge is 2.21. The standard InChI is InChI=1S/C10H12BrNO3/c1-5(10(13)14)9-7(11)3-6(12)4-8(9)15-2/h3-5H,12H2,1-2H3,(H,13,14). The summed E-state index contributed by atoms with van der Waals surface area (Å²) in [4.78, 5) is 10.9. The van der Waals surface area contributed by atoms with Crippen molar-refractivity contribution in [3.05, 3.63) is 22.2 Å². The Morgan fingerprint density at radius 2 is 2.20 bits per heavy atom. The molecule has 1 aromatic rings. The first-order valence-corrected chi connectivity index (χ1v) is 5.12. The SMILES string of the molecule is COc1cc(N)cc(Br)c1C(C)C(=O)O. The van der Waals surface area contributed by atoms with Crippen molar-refractivity contribution in [3.63, 3.8) is 0 Å². The molecule has 4 nitrogen and oxygen atoms in total. The van der Waals surface area contributed by atoms with Crippen molar-refractivity contribution in [1.29, 1.82) is 0 Å². The summed E-state index contributed by atoms with van der Waals surface area (Å²) in [6, 6.07) is 3.27. The van der Waals surface area contributed by atoms with Crippen molar-refractivity contribution >= 4 is 27.6 Å². The van der Waals surface area contributed by atoms with Gasteiger partial charge in [0, 0.05) is 21.8 Å². The van der Waals surface area contributed by atoms with E-state index in [4.69, 9.17) is 15.6 Å². The van der Waals surface area contributed by atoms with Crippen LogP contribution in [0.1, 0.15) is 18.4 Å². The number of carbonyl (C=O) groups is 1. The lowest BCUT2D eigenvalue weighted by Crippen LogP contribution is -2.10. The molecule has 0 aliphatic rings. The molecule has 0 radical (unpaired) electrons. The van der Waals surface area contributed by atoms with Gasteiger partial charge in [0.1, 0.15) is 5.75 Å². The van der Waals surface area contributed by atoms with E-state index in [0.29, 0.717) is 21.5 Å². The third-order valence-electron chi connectivity index (χ3n) is 2.14. The second kappa shape index (κ2) is 4.53. The van der Waals surface area contributed by atoms with Gasteiger partial charge in [0.15, 0.2) is 0 Å². The first-order chi connectivity index (χ1) is 6.97. The zero-order valence-corrected chi connectivity index (χ0v) is 10.0. The van der Waals surface area contributed by atoms with E-state index < -0.39 is 11.9 Å². The highest BCUT2D eigenvalue weighted by atomic mass is 79.9. The van der Waals surface area contributed by atoms with E-state index in [1.165, 1.54) is 7.11 Å². The molecule has 1 aromatic carbocycles. The second-order valence-electron chi connectivity index (χ2n) is 3.18. The van der Waals surface area contributed by atoms with Gasteiger partial charge in [0.25, 0.3) is 0 Å². The van der Waals surface area contributed by atoms with Crippen molar-refractivity contribution in [2.24, 2.45) is 0 Å². The minimum absolute atomic E-state index is 0.483. The Labute approximate surface area is 96.2 Å². The Morgan fingerprint density at radius 1 is 1.60 bits per heavy atom. The number of nitrogens with two attached hydrogens (primary N) is 1. The average molecular weight is 274 g/mol. The van der Waals surface area contributed by atoms with Gasteiger partial charge in [-0.2, -0.15) is 0 Å². The Kier molecular flexibility index (Phi) is 3.57. The molecule has 1 rings (SSSR count). The molecule has 5 heteroatoms. The van der Waals surface area contributed by atoms with Crippen LogP contribution < -0.4 is 10.5 Å². The number of hydrogen-bond donors (Lipinski definition) is 2. The zero-order chi connectivity index (χ0) is 11.6. The summed E-state index contributed by atoms with van der Waals surface area (Å²) >= 11 is 3.28. The summed E-state index contributed by atoms with van der Waals surface area (Å²) in [5, 5.41) is 8.94. The largest absolute Gasteiger partial charge is 0.496 e. The third-order valence-corrected chi connectivity index (χ3v) is 2.79. The van der Waals surface area contributed by atoms with Crippen molar-refractivity contribution in [2.75, 3.05) is 12.8 Å². The normalized spacial score (nSPS) is 12.2. The monoisotopic (exact) mass is 273 g/mol. The number of aliphatic carboxylic acids is 1. The van der Waals surface area contributed by atoms with E-state index in [1.54, 1.807) is 19.1 Å². The summed E-state index contributed by atoms with van der Waals surface area (Å²) in [7, 11) is 1.49. The molecule has 1 unspecified atom stereocenters. The molecule has 82 valence electrons. The fourth-order valence-corrected chi connectivity index (χ4v) is 2.13. The topological polar surface area (TPSA) is 72.5 Å². The van der Waals surface area contributed by atoms with Crippen molar-refractivity contribution < 1.29 is 14.6 Å². The van der Waals surface area contributed by atoms with E-state index in [9.17, 15) is 4.79 Å². The molecule has 0 spiro atoms. The van der Waals surface area contributed by atoms with E-state index in [2.05, 4.69) is 15.9 Å². The Bertz CT molecular complexity index is 392. The predicted molar refractivity (Wildman–Crippen MR) is 61.2 cm³/mol. The van der Waals surface area contributed by atoms with Crippen LogP contribution in [0.3, 0.4) is 0 Å². The van der Waals surface area contributed by atoms with Crippen LogP contribution in [-0.2, 0) is 4.79 Å². The molecule has 0 fully saturated rings. The van der Waals surface area contributed by atoms with E-state index in [-0.39, 0.29) is 0 Å². The highest BCUT2D eigenvalue weighted by Crippen LogP contribution is 2.35. The molecule has 0 aliphatic heterocycles. The fraction of sp³-hybridized carbons (Fsp3) is 0.300. The predicted octanol–water partition coefficient (Wildman–Crippen LogP) is 2.23. The number of nitrogen functional groups attached to an aromatic ring is 1. The van der Waals surface area contributed by atoms with E-state index in [1.807, 2.05) is 0 Å². The lowest BCUT2D eigenvalue weighted by Gasteiger charge is -2.14. The molecule has 0 bridgehead atoms. The number of ether oxygens (including phenoxy) is 1. The minimum atomic E-state index is -0.904. The molecular weight excluding hydrogens is 262 g/mol. The molecule has 15 heavy (non-hydrogen) atoms. The molecular formula is C10H12BrNO3. The minimum Gasteiger partial charge on any atom is -0.496 e. The van der Waals surface area contributed by atoms with Crippen LogP contribution >= 0.6 is 15.9 Å². The molecule has 0 saturated carbocycles. The number of carboxylic acid groups (broad SMARTS) is 1. The van der Waals surface area contributed by atoms with Gasteiger partial charge in [-0.1, -0.05) is 15.9 Å². The first-order valence-electron chi connectivity index (χ1n) is 4.33. The number of benzene rings is 1. The quantitative estimate of drug-likeness (QED) is 0.829. The van der Waals surface area contributed by atoms with Crippen LogP contribution in [0.25, 0.3) is 0 Å². The van der Waals surface area contributed by atoms with Crippen LogP contribution in [0.15, 0.2) is 16.6 Å². The molecule has 1 atom stereocenters. The summed E-state index contributed by atoms with van der Waals surface area (Å²) in [6.45, 7) is 1.60. The summed E-state index contributed by atoms with van der Waals surface area (Å²) in [5.41, 5.74) is 6.75. The number of halogens is 1. The third kappa shape index (κ3) is 2.41. The van der Waals surface area contributed by atoms with Crippen LogP contribution in [0, 0.1) is 0 Å². The lowest BCUT2D eigenvalue weighted by atomic mass is 10.00. The van der Waals surface area contributed by atoms with Gasteiger partial charge in [0.2, 0.25) is 0 Å². The maximum absolute atomic E-state index is 10.9. The van der Waals surface area contributed by atoms with Gasteiger partial charge < -0.3 is 15.6 Å². The van der Waals surface area contributed by atoms with Crippen molar-refractivity contribution in [2.45, 2.75) is 12.8 Å². The smallest absolute Gasteiger partial charge is 0.310 e. The van der Waals surface area contributed by atoms with E-state index in [0.717, 1.165) is 0 Å². The molecule has 3 N–H and O–H groups in total. The summed E-state index contributed by atoms with van der Waals surface area (Å²) < 4.78 is 5.75. The Balaban J connectivity index is 3.32. The van der Waals surface area contributed by atoms with Crippen molar-refractivity contribution in [3.8, 4) is 5.75 Å². The van der Waals surface area contributed by atoms with Gasteiger partial charge in [-0.3, -0.25) is 4.79 Å². The van der Waals surface area contributed by atoms with Gasteiger partial charge in [0.05, 0.1) is 13.0 Å². The molecule has 0 amide bonds. The number of methoxy groups -OCH3 is 1. The lowest BCUT2D eigenvalue weighted by molar-refractivity contribution is -0.138. The number of hydrogen-bond acceptors (Lipinski definition) is 3. The first kappa shape index (κ1) is 11.8. The summed E-state index contributed by atoms with van der Waals surface area (Å²) in [6.07, 6.45) is 0. The van der Waals surface area contributed by atoms with Crippen LogP contribution in [-0.4, -0.2) is 18.2 Å². The van der Waals surface area contributed by atoms with Crippen LogP contribution in [0.4, 0.5) is 5.69 Å². The number of carboxylic acids is 1. The molecule has 0 saturated heterocycles. The molecule has 0 heterocycles. The van der Waals surface area contributed by atoms with Crippen LogP contribution in [0.5, 0.6) is 5.75 Å². The number of anilines is 1. The maximum atomic E-state index is 10.9. The zero-order valence-electron chi connectivity index (χ0n) is 8.45. The second-order valence-corrected chi connectivity index (χ2v) is 4.03. The van der Waals surface area contributed by atoms with Gasteiger partial charge in [-0.05, 0) is 13.0 Å². The van der Waals surface area contributed by atoms with E-state index >= 15 is 0 Å².